The van der Waals surface area contributed by atoms with Crippen LogP contribution in [-0.2, 0) is 4.74 Å². The summed E-state index contributed by atoms with van der Waals surface area (Å²) in [5, 5.41) is 0. The summed E-state index contributed by atoms with van der Waals surface area (Å²) in [6.45, 7) is 4.12. The Balaban J connectivity index is 3.57. The van der Waals surface area contributed by atoms with Crippen molar-refractivity contribution in [2.75, 3.05) is 7.11 Å². The average molecular weight is 138 g/mol. The molecule has 10 heavy (non-hydrogen) atoms. The van der Waals surface area contributed by atoms with Crippen LogP contribution in [0.1, 0.15) is 13.8 Å². The van der Waals surface area contributed by atoms with Crippen molar-refractivity contribution in [3.8, 4) is 0 Å². The number of methoxy groups -OCH3 is 1. The maximum Gasteiger partial charge on any atom is 0.0824 e. The lowest BCUT2D eigenvalue weighted by molar-refractivity contribution is 0.338. The van der Waals surface area contributed by atoms with Gasteiger partial charge in [0.25, 0.3) is 0 Å². The number of hydrogen-bond acceptors (Lipinski definition) is 1. The first-order valence-corrected chi connectivity index (χ1v) is 3.27. The van der Waals surface area contributed by atoms with E-state index in [1.807, 2.05) is 24.3 Å². The highest BCUT2D eigenvalue weighted by Gasteiger charge is 1.67. The SMILES string of the molecule is CO/C=C/C=C\C=C(C)C. The van der Waals surface area contributed by atoms with Gasteiger partial charge in [-0.15, -0.1) is 0 Å². The van der Waals surface area contributed by atoms with E-state index < -0.39 is 0 Å². The van der Waals surface area contributed by atoms with Crippen LogP contribution in [0.3, 0.4) is 0 Å². The van der Waals surface area contributed by atoms with Crippen molar-refractivity contribution in [2.24, 2.45) is 0 Å². The summed E-state index contributed by atoms with van der Waals surface area (Å²) >= 11 is 0. The van der Waals surface area contributed by atoms with E-state index in [0.717, 1.165) is 0 Å². The predicted molar refractivity (Wildman–Crippen MR) is 44.7 cm³/mol. The summed E-state index contributed by atoms with van der Waals surface area (Å²) in [6.07, 6.45) is 9.43. The van der Waals surface area contributed by atoms with Gasteiger partial charge in [0.05, 0.1) is 13.4 Å². The van der Waals surface area contributed by atoms with Crippen molar-refractivity contribution in [1.82, 2.24) is 0 Å². The predicted octanol–water partition coefficient (Wildman–Crippen LogP) is 2.67. The average Bonchev–Trinajstić information content (AvgIpc) is 1.87. The number of allylic oxidation sites excluding steroid dienone is 5. The molecule has 0 spiro atoms. The molecule has 0 bridgehead atoms. The normalized spacial score (nSPS) is 10.7. The molecule has 1 heteroatoms. The van der Waals surface area contributed by atoms with Crippen LogP contribution in [0.2, 0.25) is 0 Å². The zero-order valence-electron chi connectivity index (χ0n) is 6.79. The van der Waals surface area contributed by atoms with Crippen LogP contribution in [0.4, 0.5) is 0 Å². The first kappa shape index (κ1) is 9.02. The van der Waals surface area contributed by atoms with Crippen molar-refractivity contribution < 1.29 is 4.74 Å². The lowest BCUT2D eigenvalue weighted by Gasteiger charge is -1.81. The smallest absolute Gasteiger partial charge is 0.0824 e. The van der Waals surface area contributed by atoms with Crippen LogP contribution in [0.15, 0.2) is 36.1 Å². The first-order valence-electron chi connectivity index (χ1n) is 3.27. The highest BCUT2D eigenvalue weighted by atomic mass is 16.5. The summed E-state index contributed by atoms with van der Waals surface area (Å²) in [7, 11) is 1.63. The molecule has 0 aromatic rings. The fraction of sp³-hybridized carbons (Fsp3) is 0.333. The van der Waals surface area contributed by atoms with Crippen LogP contribution in [0, 0.1) is 0 Å². The Labute approximate surface area is 62.7 Å². The third-order valence-electron chi connectivity index (χ3n) is 0.866. The largest absolute Gasteiger partial charge is 0.504 e. The maximum atomic E-state index is 4.70. The van der Waals surface area contributed by atoms with Crippen molar-refractivity contribution >= 4 is 0 Å². The molecule has 0 fully saturated rings. The molecule has 0 N–H and O–H groups in total. The second-order valence-corrected chi connectivity index (χ2v) is 2.19. The lowest BCUT2D eigenvalue weighted by Crippen LogP contribution is -1.61. The molecule has 0 rings (SSSR count). The highest BCUT2D eigenvalue weighted by Crippen LogP contribution is 1.88. The van der Waals surface area contributed by atoms with Gasteiger partial charge in [-0.1, -0.05) is 23.8 Å². The van der Waals surface area contributed by atoms with E-state index >= 15 is 0 Å². The van der Waals surface area contributed by atoms with Gasteiger partial charge in [-0.05, 0) is 19.9 Å². The molecule has 0 radical (unpaired) electrons. The van der Waals surface area contributed by atoms with Crippen molar-refractivity contribution in [3.05, 3.63) is 36.1 Å². The van der Waals surface area contributed by atoms with Crippen LogP contribution in [0.5, 0.6) is 0 Å². The van der Waals surface area contributed by atoms with E-state index in [0.29, 0.717) is 0 Å². The van der Waals surface area contributed by atoms with Crippen LogP contribution < -0.4 is 0 Å². The van der Waals surface area contributed by atoms with Crippen molar-refractivity contribution in [1.29, 1.82) is 0 Å². The minimum atomic E-state index is 1.29. The van der Waals surface area contributed by atoms with Crippen molar-refractivity contribution in [2.45, 2.75) is 13.8 Å². The quantitative estimate of drug-likeness (QED) is 0.430. The van der Waals surface area contributed by atoms with Crippen LogP contribution in [-0.4, -0.2) is 7.11 Å². The molecule has 0 amide bonds. The molecular formula is C9H14O. The summed E-state index contributed by atoms with van der Waals surface area (Å²) in [5.74, 6) is 0. The standard InChI is InChI=1S/C9H14O/c1-9(2)7-5-4-6-8-10-3/h4-8H,1-3H3/b5-4-,8-6+. The number of hydrogen-bond donors (Lipinski definition) is 0. The second kappa shape index (κ2) is 6.14. The molecule has 56 valence electrons. The van der Waals surface area contributed by atoms with Crippen LogP contribution in [0.25, 0.3) is 0 Å². The molecule has 0 aliphatic rings. The van der Waals surface area contributed by atoms with Crippen LogP contribution >= 0.6 is 0 Å². The minimum Gasteiger partial charge on any atom is -0.504 e. The molecule has 0 heterocycles. The molecule has 0 aliphatic carbocycles. The third-order valence-corrected chi connectivity index (χ3v) is 0.866. The molecular weight excluding hydrogens is 124 g/mol. The molecule has 0 saturated carbocycles. The van der Waals surface area contributed by atoms with Gasteiger partial charge in [-0.2, -0.15) is 0 Å². The Morgan fingerprint density at radius 3 is 2.30 bits per heavy atom. The van der Waals surface area contributed by atoms with Gasteiger partial charge in [0.2, 0.25) is 0 Å². The van der Waals surface area contributed by atoms with Crippen molar-refractivity contribution in [3.63, 3.8) is 0 Å². The lowest BCUT2D eigenvalue weighted by atomic mass is 10.3. The maximum absolute atomic E-state index is 4.70. The van der Waals surface area contributed by atoms with Gasteiger partial charge < -0.3 is 4.74 Å². The molecule has 0 aromatic heterocycles. The van der Waals surface area contributed by atoms with E-state index in [1.54, 1.807) is 13.4 Å². The zero-order chi connectivity index (χ0) is 7.82. The van der Waals surface area contributed by atoms with E-state index in [-0.39, 0.29) is 0 Å². The summed E-state index contributed by atoms with van der Waals surface area (Å²) in [6, 6.07) is 0. The molecule has 0 atom stereocenters. The second-order valence-electron chi connectivity index (χ2n) is 2.19. The Kier molecular flexibility index (Phi) is 5.54. The minimum absolute atomic E-state index is 1.29. The van der Waals surface area contributed by atoms with E-state index in [2.05, 4.69) is 13.8 Å². The Bertz CT molecular complexity index is 148. The van der Waals surface area contributed by atoms with Gasteiger partial charge in [-0.25, -0.2) is 0 Å². The monoisotopic (exact) mass is 138 g/mol. The van der Waals surface area contributed by atoms with Gasteiger partial charge in [0.15, 0.2) is 0 Å². The third kappa shape index (κ3) is 7.02. The first-order chi connectivity index (χ1) is 4.77. The van der Waals surface area contributed by atoms with E-state index in [4.69, 9.17) is 4.74 Å². The van der Waals surface area contributed by atoms with Gasteiger partial charge in [-0.3, -0.25) is 0 Å². The fourth-order valence-corrected chi connectivity index (χ4v) is 0.436. The fourth-order valence-electron chi connectivity index (χ4n) is 0.436. The summed E-state index contributed by atoms with van der Waals surface area (Å²) in [5.41, 5.74) is 1.29. The topological polar surface area (TPSA) is 9.23 Å². The number of ether oxygens (including phenoxy) is 1. The zero-order valence-corrected chi connectivity index (χ0v) is 6.79. The van der Waals surface area contributed by atoms with Gasteiger partial charge >= 0.3 is 0 Å². The molecule has 0 aromatic carbocycles. The molecule has 0 aliphatic heterocycles. The van der Waals surface area contributed by atoms with Gasteiger partial charge in [0, 0.05) is 0 Å². The summed E-state index contributed by atoms with van der Waals surface area (Å²) < 4.78 is 4.70. The van der Waals surface area contributed by atoms with E-state index in [9.17, 15) is 0 Å². The molecule has 0 unspecified atom stereocenters. The Morgan fingerprint density at radius 1 is 1.10 bits per heavy atom. The highest BCUT2D eigenvalue weighted by molar-refractivity contribution is 5.13. The van der Waals surface area contributed by atoms with E-state index in [1.165, 1.54) is 5.57 Å². The summed E-state index contributed by atoms with van der Waals surface area (Å²) in [4.78, 5) is 0. The number of rotatable bonds is 3. The molecule has 0 saturated heterocycles. The Hall–Kier alpha value is -0.980. The Morgan fingerprint density at radius 2 is 1.80 bits per heavy atom. The molecule has 1 nitrogen and oxygen atoms in total. The van der Waals surface area contributed by atoms with Gasteiger partial charge in [0.1, 0.15) is 0 Å².